The minimum Gasteiger partial charge on any atom is -0.314 e. The fourth-order valence-electron chi connectivity index (χ4n) is 2.89. The van der Waals surface area contributed by atoms with E-state index >= 15 is 0 Å². The van der Waals surface area contributed by atoms with Crippen LogP contribution in [0.2, 0.25) is 10.0 Å². The minimum absolute atomic E-state index is 0.0223. The molecule has 0 unspecified atom stereocenters. The Morgan fingerprint density at radius 2 is 2.12 bits per heavy atom. The first kappa shape index (κ1) is 18.0. The van der Waals surface area contributed by atoms with Gasteiger partial charge in [0, 0.05) is 16.7 Å². The fraction of sp³-hybridized carbons (Fsp3) is 0.467. The van der Waals surface area contributed by atoms with Gasteiger partial charge in [-0.25, -0.2) is 8.42 Å². The lowest BCUT2D eigenvalue weighted by Gasteiger charge is -2.25. The van der Waals surface area contributed by atoms with Gasteiger partial charge in [0.2, 0.25) is 5.91 Å². The second-order valence-corrected chi connectivity index (χ2v) is 10.0. The highest BCUT2D eigenvalue weighted by Gasteiger charge is 2.49. The number of hydrogen-bond acceptors (Lipinski definition) is 4. The van der Waals surface area contributed by atoms with Gasteiger partial charge in [-0.15, -0.1) is 0 Å². The molecule has 24 heavy (non-hydrogen) atoms. The lowest BCUT2D eigenvalue weighted by molar-refractivity contribution is -0.117. The van der Waals surface area contributed by atoms with Gasteiger partial charge in [0.25, 0.3) is 0 Å². The molecule has 0 radical (unpaired) electrons. The molecule has 130 valence electrons. The summed E-state index contributed by atoms with van der Waals surface area (Å²) in [5.41, 5.74) is 0.587. The number of aliphatic imine (C=N–C) groups is 1. The highest BCUT2D eigenvalue weighted by Crippen LogP contribution is 2.43. The number of carbonyl (C=O) groups is 1. The average molecular weight is 407 g/mol. The molecule has 1 aromatic carbocycles. The number of sulfone groups is 1. The zero-order valence-corrected chi connectivity index (χ0v) is 16.1. The Bertz CT molecular complexity index is 811. The maximum atomic E-state index is 12.0. The van der Waals surface area contributed by atoms with Crippen LogP contribution in [0.15, 0.2) is 23.2 Å². The second kappa shape index (κ2) is 6.86. The van der Waals surface area contributed by atoms with E-state index in [9.17, 15) is 13.2 Å². The Morgan fingerprint density at radius 3 is 2.83 bits per heavy atom. The molecule has 0 N–H and O–H groups in total. The van der Waals surface area contributed by atoms with Crippen molar-refractivity contribution in [2.24, 2.45) is 4.99 Å². The van der Waals surface area contributed by atoms with Gasteiger partial charge < -0.3 is 4.90 Å². The highest BCUT2D eigenvalue weighted by atomic mass is 35.5. The summed E-state index contributed by atoms with van der Waals surface area (Å²) in [5.74, 6) is -0.113. The van der Waals surface area contributed by atoms with Crippen LogP contribution >= 0.6 is 35.0 Å². The predicted molar refractivity (Wildman–Crippen MR) is 100 cm³/mol. The van der Waals surface area contributed by atoms with Crippen LogP contribution in [0.1, 0.15) is 19.8 Å². The molecule has 0 saturated carbocycles. The third-order valence-corrected chi connectivity index (χ3v) is 7.68. The van der Waals surface area contributed by atoms with E-state index in [1.165, 1.54) is 11.8 Å². The third-order valence-electron chi connectivity index (χ3n) is 3.92. The van der Waals surface area contributed by atoms with Crippen molar-refractivity contribution in [1.29, 1.82) is 0 Å². The van der Waals surface area contributed by atoms with Crippen LogP contribution < -0.4 is 4.90 Å². The van der Waals surface area contributed by atoms with Gasteiger partial charge >= 0.3 is 0 Å². The number of amides is 1. The predicted octanol–water partition coefficient (Wildman–Crippen LogP) is 3.39. The van der Waals surface area contributed by atoms with Crippen LogP contribution in [0.5, 0.6) is 0 Å². The Kier molecular flexibility index (Phi) is 5.16. The monoisotopic (exact) mass is 406 g/mol. The van der Waals surface area contributed by atoms with Crippen LogP contribution in [-0.4, -0.2) is 42.3 Å². The number of hydrogen-bond donors (Lipinski definition) is 0. The molecule has 0 aliphatic carbocycles. The molecule has 0 bridgehead atoms. The van der Waals surface area contributed by atoms with Gasteiger partial charge in [0.15, 0.2) is 15.0 Å². The number of amidine groups is 1. The molecule has 2 aliphatic heterocycles. The SMILES string of the molecule is CCCC(=O)N=C1S[C@H]2CS(=O)(=O)C[C@@H]2N1c1cc(Cl)ccc1Cl. The first-order valence-electron chi connectivity index (χ1n) is 7.53. The number of carbonyl (C=O) groups excluding carboxylic acids is 1. The molecular weight excluding hydrogens is 391 g/mol. The van der Waals surface area contributed by atoms with E-state index in [2.05, 4.69) is 4.99 Å². The maximum absolute atomic E-state index is 12.0. The number of thioether (sulfide) groups is 1. The Morgan fingerprint density at radius 1 is 1.38 bits per heavy atom. The van der Waals surface area contributed by atoms with Crippen molar-refractivity contribution in [3.63, 3.8) is 0 Å². The van der Waals surface area contributed by atoms with Gasteiger partial charge in [0.1, 0.15) is 0 Å². The van der Waals surface area contributed by atoms with Crippen molar-refractivity contribution >= 4 is 61.6 Å². The standard InChI is InChI=1S/C15H16Cl2N2O3S2/c1-2-3-14(20)18-15-19(11-6-9(16)4-5-10(11)17)12-7-24(21,22)8-13(12)23-15/h4-6,12-13H,2-3,7-8H2,1H3/t12-,13-/m0/s1. The van der Waals surface area contributed by atoms with E-state index in [0.29, 0.717) is 33.7 Å². The van der Waals surface area contributed by atoms with E-state index in [4.69, 9.17) is 23.2 Å². The fourth-order valence-corrected chi connectivity index (χ4v) is 7.19. The van der Waals surface area contributed by atoms with Crippen LogP contribution in [-0.2, 0) is 14.6 Å². The van der Waals surface area contributed by atoms with Gasteiger partial charge in [-0.2, -0.15) is 4.99 Å². The summed E-state index contributed by atoms with van der Waals surface area (Å²) < 4.78 is 24.0. The van der Waals surface area contributed by atoms with Crippen molar-refractivity contribution in [3.05, 3.63) is 28.2 Å². The molecular formula is C15H16Cl2N2O3S2. The molecule has 1 amide bonds. The van der Waals surface area contributed by atoms with Gasteiger partial charge in [-0.05, 0) is 24.6 Å². The van der Waals surface area contributed by atoms with E-state index in [-0.39, 0.29) is 28.7 Å². The van der Waals surface area contributed by atoms with Crippen LogP contribution in [0, 0.1) is 0 Å². The zero-order chi connectivity index (χ0) is 17.5. The Labute approximate surface area is 155 Å². The van der Waals surface area contributed by atoms with Crippen LogP contribution in [0.3, 0.4) is 0 Å². The number of halogens is 2. The molecule has 5 nitrogen and oxygen atoms in total. The first-order chi connectivity index (χ1) is 11.3. The van der Waals surface area contributed by atoms with Crippen molar-refractivity contribution < 1.29 is 13.2 Å². The second-order valence-electron chi connectivity index (χ2n) is 5.80. The van der Waals surface area contributed by atoms with Gasteiger partial charge in [0.05, 0.1) is 28.3 Å². The Balaban J connectivity index is 2.04. The number of fused-ring (bicyclic) bond motifs is 1. The highest BCUT2D eigenvalue weighted by molar-refractivity contribution is 8.16. The molecule has 0 aromatic heterocycles. The van der Waals surface area contributed by atoms with Crippen LogP contribution in [0.25, 0.3) is 0 Å². The largest absolute Gasteiger partial charge is 0.314 e. The molecule has 2 saturated heterocycles. The summed E-state index contributed by atoms with van der Waals surface area (Å²) in [6, 6.07) is 4.71. The van der Waals surface area contributed by atoms with Gasteiger partial charge in [-0.1, -0.05) is 41.9 Å². The molecule has 1 aromatic rings. The summed E-state index contributed by atoms with van der Waals surface area (Å²) in [6.45, 7) is 1.91. The van der Waals surface area contributed by atoms with Crippen molar-refractivity contribution in [3.8, 4) is 0 Å². The normalized spacial score (nSPS) is 26.8. The van der Waals surface area contributed by atoms with E-state index < -0.39 is 9.84 Å². The first-order valence-corrected chi connectivity index (χ1v) is 11.0. The van der Waals surface area contributed by atoms with Crippen LogP contribution in [0.4, 0.5) is 5.69 Å². The summed E-state index contributed by atoms with van der Waals surface area (Å²) in [4.78, 5) is 17.9. The van der Waals surface area contributed by atoms with E-state index in [1.807, 2.05) is 6.92 Å². The van der Waals surface area contributed by atoms with Crippen molar-refractivity contribution in [1.82, 2.24) is 0 Å². The van der Waals surface area contributed by atoms with E-state index in [0.717, 1.165) is 0 Å². The molecule has 0 spiro atoms. The maximum Gasteiger partial charge on any atom is 0.248 e. The lowest BCUT2D eigenvalue weighted by Crippen LogP contribution is -2.38. The minimum atomic E-state index is -3.11. The number of benzene rings is 1. The topological polar surface area (TPSA) is 66.8 Å². The number of anilines is 1. The van der Waals surface area contributed by atoms with E-state index in [1.54, 1.807) is 23.1 Å². The van der Waals surface area contributed by atoms with Gasteiger partial charge in [-0.3, -0.25) is 4.79 Å². The summed E-state index contributed by atoms with van der Waals surface area (Å²) in [6.07, 6.45) is 1.06. The zero-order valence-electron chi connectivity index (χ0n) is 12.9. The average Bonchev–Trinajstić information content (AvgIpc) is 2.93. The molecule has 9 heteroatoms. The number of nitrogens with zero attached hydrogens (tertiary/aromatic N) is 2. The molecule has 2 fully saturated rings. The lowest BCUT2D eigenvalue weighted by atomic mass is 10.2. The third kappa shape index (κ3) is 3.59. The molecule has 2 aliphatic rings. The van der Waals surface area contributed by atoms with Crippen molar-refractivity contribution in [2.45, 2.75) is 31.1 Å². The quantitative estimate of drug-likeness (QED) is 0.769. The molecule has 2 atom stereocenters. The van der Waals surface area contributed by atoms with Crippen molar-refractivity contribution in [2.75, 3.05) is 16.4 Å². The molecule has 2 heterocycles. The molecule has 3 rings (SSSR count). The smallest absolute Gasteiger partial charge is 0.248 e. The summed E-state index contributed by atoms with van der Waals surface area (Å²) in [7, 11) is -3.11. The summed E-state index contributed by atoms with van der Waals surface area (Å²) in [5, 5.41) is 1.28. The number of rotatable bonds is 3. The summed E-state index contributed by atoms with van der Waals surface area (Å²) >= 11 is 13.7. The Hall–Kier alpha value is -0.760.